The number of nitrogens with zero attached hydrogens (tertiary/aromatic N) is 4. The van der Waals surface area contributed by atoms with Gasteiger partial charge in [-0.25, -0.2) is 4.98 Å². The summed E-state index contributed by atoms with van der Waals surface area (Å²) < 4.78 is 7.21. The van der Waals surface area contributed by atoms with Crippen LogP contribution in [0.4, 0.5) is 0 Å². The van der Waals surface area contributed by atoms with Gasteiger partial charge in [0, 0.05) is 43.7 Å². The molecule has 28 heavy (non-hydrogen) atoms. The smallest absolute Gasteiger partial charge is 0.222 e. The average molecular weight is 380 g/mol. The first kappa shape index (κ1) is 19.9. The quantitative estimate of drug-likeness (QED) is 0.657. The molecule has 0 unspecified atom stereocenters. The van der Waals surface area contributed by atoms with E-state index in [-0.39, 0.29) is 5.91 Å². The van der Waals surface area contributed by atoms with Crippen molar-refractivity contribution in [3.63, 3.8) is 0 Å². The van der Waals surface area contributed by atoms with E-state index in [1.165, 1.54) is 5.56 Å². The standard InChI is InChI=1S/C22H28N4O2/c1-14-18(15(2)23-22-21(14)16(3)24-26(22)5)11-12-20(27)25(4)13-17-9-7-8-10-19(17)28-6/h7-10H,11-13H2,1-6H3. The van der Waals surface area contributed by atoms with E-state index in [9.17, 15) is 4.79 Å². The summed E-state index contributed by atoms with van der Waals surface area (Å²) in [5, 5.41) is 5.58. The average Bonchev–Trinajstić information content (AvgIpc) is 2.95. The van der Waals surface area contributed by atoms with Crippen molar-refractivity contribution >= 4 is 16.9 Å². The molecule has 0 fully saturated rings. The molecular weight excluding hydrogens is 352 g/mol. The van der Waals surface area contributed by atoms with Crippen molar-refractivity contribution in [1.82, 2.24) is 19.7 Å². The van der Waals surface area contributed by atoms with Gasteiger partial charge in [0.1, 0.15) is 5.75 Å². The summed E-state index contributed by atoms with van der Waals surface area (Å²) in [4.78, 5) is 19.2. The van der Waals surface area contributed by atoms with E-state index < -0.39 is 0 Å². The Morgan fingerprint density at radius 3 is 2.61 bits per heavy atom. The van der Waals surface area contributed by atoms with Crippen LogP contribution in [0.5, 0.6) is 5.75 Å². The molecule has 0 aliphatic rings. The number of fused-ring (bicyclic) bond motifs is 1. The lowest BCUT2D eigenvalue weighted by Crippen LogP contribution is -2.26. The fourth-order valence-electron chi connectivity index (χ4n) is 3.83. The van der Waals surface area contributed by atoms with Gasteiger partial charge in [0.25, 0.3) is 0 Å². The predicted octanol–water partition coefficient (Wildman–Crippen LogP) is 3.49. The van der Waals surface area contributed by atoms with Crippen LogP contribution in [0, 0.1) is 20.8 Å². The maximum Gasteiger partial charge on any atom is 0.222 e. The molecule has 148 valence electrons. The van der Waals surface area contributed by atoms with Crippen LogP contribution in [0.2, 0.25) is 0 Å². The molecule has 1 amide bonds. The molecule has 6 heteroatoms. The van der Waals surface area contributed by atoms with Gasteiger partial charge in [0.15, 0.2) is 5.65 Å². The van der Waals surface area contributed by atoms with Crippen molar-refractivity contribution in [1.29, 1.82) is 0 Å². The van der Waals surface area contributed by atoms with Crippen LogP contribution in [0.15, 0.2) is 24.3 Å². The number of carbonyl (C=O) groups excluding carboxylic acids is 1. The zero-order chi connectivity index (χ0) is 20.4. The summed E-state index contributed by atoms with van der Waals surface area (Å²) >= 11 is 0. The molecule has 3 rings (SSSR count). The minimum Gasteiger partial charge on any atom is -0.496 e. The SMILES string of the molecule is COc1ccccc1CN(C)C(=O)CCc1c(C)nc2c(c(C)nn2C)c1C. The molecule has 0 bridgehead atoms. The Hall–Kier alpha value is -2.89. The van der Waals surface area contributed by atoms with Gasteiger partial charge in [-0.1, -0.05) is 18.2 Å². The van der Waals surface area contributed by atoms with Crippen molar-refractivity contribution in [2.45, 2.75) is 40.2 Å². The van der Waals surface area contributed by atoms with Crippen molar-refractivity contribution < 1.29 is 9.53 Å². The second kappa shape index (κ2) is 8.00. The van der Waals surface area contributed by atoms with E-state index in [1.807, 2.05) is 56.9 Å². The fraction of sp³-hybridized carbons (Fsp3) is 0.409. The third-order valence-corrected chi connectivity index (χ3v) is 5.34. The van der Waals surface area contributed by atoms with Crippen LogP contribution in [0.3, 0.4) is 0 Å². The molecule has 0 aliphatic heterocycles. The molecule has 0 spiro atoms. The van der Waals surface area contributed by atoms with E-state index in [0.29, 0.717) is 19.4 Å². The maximum atomic E-state index is 12.7. The Labute approximate surface area is 166 Å². The normalized spacial score (nSPS) is 11.1. The molecular formula is C22H28N4O2. The van der Waals surface area contributed by atoms with Gasteiger partial charge in [0.2, 0.25) is 5.91 Å². The number of carbonyl (C=O) groups is 1. The molecule has 0 N–H and O–H groups in total. The number of aromatic nitrogens is 3. The second-order valence-electron chi connectivity index (χ2n) is 7.27. The van der Waals surface area contributed by atoms with Crippen molar-refractivity contribution in [3.05, 3.63) is 52.3 Å². The third kappa shape index (κ3) is 3.72. The summed E-state index contributed by atoms with van der Waals surface area (Å²) in [6, 6.07) is 7.79. The highest BCUT2D eigenvalue weighted by molar-refractivity contribution is 5.84. The van der Waals surface area contributed by atoms with Gasteiger partial charge < -0.3 is 9.64 Å². The second-order valence-corrected chi connectivity index (χ2v) is 7.27. The molecule has 0 atom stereocenters. The number of methoxy groups -OCH3 is 1. The Bertz CT molecular complexity index is 1020. The number of hydrogen-bond acceptors (Lipinski definition) is 4. The van der Waals surface area contributed by atoms with Gasteiger partial charge in [0.05, 0.1) is 12.8 Å². The summed E-state index contributed by atoms with van der Waals surface area (Å²) in [6.07, 6.45) is 1.11. The van der Waals surface area contributed by atoms with Crippen LogP contribution < -0.4 is 4.74 Å². The largest absolute Gasteiger partial charge is 0.496 e. The maximum absolute atomic E-state index is 12.7. The lowest BCUT2D eigenvalue weighted by atomic mass is 9.99. The van der Waals surface area contributed by atoms with Crippen LogP contribution in [0.25, 0.3) is 11.0 Å². The number of amides is 1. The Morgan fingerprint density at radius 1 is 1.18 bits per heavy atom. The molecule has 3 aromatic rings. The summed E-state index contributed by atoms with van der Waals surface area (Å²) in [5.41, 5.74) is 6.16. The summed E-state index contributed by atoms with van der Waals surface area (Å²) in [6.45, 7) is 6.64. The van der Waals surface area contributed by atoms with Crippen molar-refractivity contribution in [3.8, 4) is 5.75 Å². The van der Waals surface area contributed by atoms with Crippen LogP contribution >= 0.6 is 0 Å². The van der Waals surface area contributed by atoms with E-state index in [2.05, 4.69) is 12.0 Å². The Morgan fingerprint density at radius 2 is 1.89 bits per heavy atom. The molecule has 0 saturated heterocycles. The molecule has 0 saturated carbocycles. The lowest BCUT2D eigenvalue weighted by Gasteiger charge is -2.19. The van der Waals surface area contributed by atoms with E-state index in [4.69, 9.17) is 9.72 Å². The number of hydrogen-bond donors (Lipinski definition) is 0. The molecule has 2 heterocycles. The first-order chi connectivity index (χ1) is 13.3. The Kier molecular flexibility index (Phi) is 5.68. The molecule has 0 radical (unpaired) electrons. The van der Waals surface area contributed by atoms with Crippen molar-refractivity contribution in [2.75, 3.05) is 14.2 Å². The Balaban J connectivity index is 1.75. The molecule has 0 aliphatic carbocycles. The van der Waals surface area contributed by atoms with E-state index in [0.717, 1.165) is 39.3 Å². The monoisotopic (exact) mass is 380 g/mol. The van der Waals surface area contributed by atoms with Gasteiger partial charge in [-0.3, -0.25) is 9.48 Å². The third-order valence-electron chi connectivity index (χ3n) is 5.34. The first-order valence-corrected chi connectivity index (χ1v) is 9.48. The van der Waals surface area contributed by atoms with Gasteiger partial charge in [-0.05, 0) is 44.4 Å². The molecule has 6 nitrogen and oxygen atoms in total. The first-order valence-electron chi connectivity index (χ1n) is 9.48. The predicted molar refractivity (Wildman–Crippen MR) is 111 cm³/mol. The van der Waals surface area contributed by atoms with E-state index >= 15 is 0 Å². The number of aryl methyl sites for hydroxylation is 4. The number of benzene rings is 1. The summed E-state index contributed by atoms with van der Waals surface area (Å²) in [5.74, 6) is 0.906. The van der Waals surface area contributed by atoms with Gasteiger partial charge in [-0.2, -0.15) is 5.10 Å². The molecule has 2 aromatic heterocycles. The fourth-order valence-corrected chi connectivity index (χ4v) is 3.83. The number of para-hydroxylation sites is 1. The lowest BCUT2D eigenvalue weighted by molar-refractivity contribution is -0.130. The highest BCUT2D eigenvalue weighted by atomic mass is 16.5. The molecule has 1 aromatic carbocycles. The van der Waals surface area contributed by atoms with Crippen LogP contribution in [0.1, 0.15) is 34.5 Å². The van der Waals surface area contributed by atoms with Crippen molar-refractivity contribution in [2.24, 2.45) is 7.05 Å². The van der Waals surface area contributed by atoms with Gasteiger partial charge >= 0.3 is 0 Å². The summed E-state index contributed by atoms with van der Waals surface area (Å²) in [7, 11) is 5.40. The van der Waals surface area contributed by atoms with Gasteiger partial charge in [-0.15, -0.1) is 0 Å². The topological polar surface area (TPSA) is 60.2 Å². The highest BCUT2D eigenvalue weighted by Crippen LogP contribution is 2.26. The number of ether oxygens (including phenoxy) is 1. The van der Waals surface area contributed by atoms with E-state index in [1.54, 1.807) is 12.0 Å². The number of pyridine rings is 1. The minimum atomic E-state index is 0.104. The highest BCUT2D eigenvalue weighted by Gasteiger charge is 2.17. The zero-order valence-corrected chi connectivity index (χ0v) is 17.5. The number of rotatable bonds is 6. The minimum absolute atomic E-state index is 0.104. The van der Waals surface area contributed by atoms with Crippen LogP contribution in [-0.4, -0.2) is 39.7 Å². The zero-order valence-electron chi connectivity index (χ0n) is 17.5. The van der Waals surface area contributed by atoms with Crippen LogP contribution in [-0.2, 0) is 24.8 Å².